The van der Waals surface area contributed by atoms with Crippen LogP contribution >= 0.6 is 11.8 Å². The molecule has 1 saturated carbocycles. The number of Topliss-reactive ketones (excluding diaryl/α,β-unsaturated/α-hetero) is 1. The standard InChI is InChI=1S/C29H39NO4S/c1-5-6-14-26(28(33)34-29(2,3)4)30-27(32)22(19-35-24-16-15-23(31)18-24)17-21-12-9-11-20-10-7-8-13-25(20)21/h7-13,22,24,26H,5-6,14-19H2,1-4H3,(H,30,32)/t22-,24?,26+/m1/s1. The predicted octanol–water partition coefficient (Wildman–Crippen LogP) is 5.87. The van der Waals surface area contributed by atoms with E-state index < -0.39 is 11.6 Å². The monoisotopic (exact) mass is 497 g/mol. The normalized spacial score (nSPS) is 17.8. The number of amides is 1. The number of benzene rings is 2. The highest BCUT2D eigenvalue weighted by Crippen LogP contribution is 2.30. The number of carbonyl (C=O) groups excluding carboxylic acids is 3. The Morgan fingerprint density at radius 1 is 1.14 bits per heavy atom. The Labute approximate surface area is 213 Å². The summed E-state index contributed by atoms with van der Waals surface area (Å²) < 4.78 is 5.61. The highest BCUT2D eigenvalue weighted by atomic mass is 32.2. The lowest BCUT2D eigenvalue weighted by Crippen LogP contribution is -2.47. The maximum Gasteiger partial charge on any atom is 0.329 e. The van der Waals surface area contributed by atoms with Gasteiger partial charge in [0.2, 0.25) is 5.91 Å². The van der Waals surface area contributed by atoms with Crippen molar-refractivity contribution in [1.82, 2.24) is 5.32 Å². The van der Waals surface area contributed by atoms with E-state index in [0.717, 1.165) is 35.6 Å². The molecule has 190 valence electrons. The van der Waals surface area contributed by atoms with Crippen molar-refractivity contribution in [3.8, 4) is 0 Å². The summed E-state index contributed by atoms with van der Waals surface area (Å²) in [5.74, 6) is 0.108. The van der Waals surface area contributed by atoms with E-state index in [2.05, 4.69) is 36.5 Å². The number of ketones is 1. The van der Waals surface area contributed by atoms with E-state index in [0.29, 0.717) is 37.2 Å². The predicted molar refractivity (Wildman–Crippen MR) is 144 cm³/mol. The molecular weight excluding hydrogens is 458 g/mol. The second-order valence-corrected chi connectivity index (χ2v) is 11.8. The summed E-state index contributed by atoms with van der Waals surface area (Å²) in [6.07, 6.45) is 5.00. The number of rotatable bonds is 11. The minimum absolute atomic E-state index is 0.123. The molecule has 5 nitrogen and oxygen atoms in total. The minimum atomic E-state index is -0.658. The number of ether oxygens (including phenoxy) is 1. The molecule has 1 unspecified atom stereocenters. The van der Waals surface area contributed by atoms with Gasteiger partial charge in [0, 0.05) is 23.8 Å². The minimum Gasteiger partial charge on any atom is -0.458 e. The third-order valence-corrected chi connectivity index (χ3v) is 7.77. The number of fused-ring (bicyclic) bond motifs is 1. The Hall–Kier alpha value is -2.34. The molecule has 0 aliphatic heterocycles. The van der Waals surface area contributed by atoms with Gasteiger partial charge in [0.05, 0.1) is 5.92 Å². The van der Waals surface area contributed by atoms with Gasteiger partial charge in [-0.1, -0.05) is 62.2 Å². The lowest BCUT2D eigenvalue weighted by Gasteiger charge is -2.26. The summed E-state index contributed by atoms with van der Waals surface area (Å²) in [7, 11) is 0. The molecule has 3 rings (SSSR count). The molecule has 3 atom stereocenters. The molecule has 0 spiro atoms. The molecule has 0 aromatic heterocycles. The number of nitrogens with one attached hydrogen (secondary N) is 1. The fraction of sp³-hybridized carbons (Fsp3) is 0.552. The summed E-state index contributed by atoms with van der Waals surface area (Å²) >= 11 is 1.71. The first-order chi connectivity index (χ1) is 16.7. The maximum absolute atomic E-state index is 13.6. The van der Waals surface area contributed by atoms with Crippen molar-refractivity contribution in [3.05, 3.63) is 48.0 Å². The summed E-state index contributed by atoms with van der Waals surface area (Å²) in [5, 5.41) is 5.59. The van der Waals surface area contributed by atoms with Crippen molar-refractivity contribution in [1.29, 1.82) is 0 Å². The first-order valence-electron chi connectivity index (χ1n) is 12.8. The van der Waals surface area contributed by atoms with E-state index in [1.165, 1.54) is 0 Å². The van der Waals surface area contributed by atoms with Gasteiger partial charge in [-0.25, -0.2) is 4.79 Å². The van der Waals surface area contributed by atoms with Crippen LogP contribution in [-0.4, -0.2) is 40.3 Å². The van der Waals surface area contributed by atoms with E-state index in [9.17, 15) is 14.4 Å². The molecule has 35 heavy (non-hydrogen) atoms. The topological polar surface area (TPSA) is 72.5 Å². The van der Waals surface area contributed by atoms with E-state index >= 15 is 0 Å². The summed E-state index contributed by atoms with van der Waals surface area (Å²) in [6.45, 7) is 7.59. The van der Waals surface area contributed by atoms with Gasteiger partial charge in [0.15, 0.2) is 0 Å². The van der Waals surface area contributed by atoms with Gasteiger partial charge >= 0.3 is 5.97 Å². The van der Waals surface area contributed by atoms with Crippen LogP contribution in [0.15, 0.2) is 42.5 Å². The number of carbonyl (C=O) groups is 3. The first-order valence-corrected chi connectivity index (χ1v) is 13.8. The van der Waals surface area contributed by atoms with Gasteiger partial charge in [-0.05, 0) is 56.4 Å². The molecule has 0 radical (unpaired) electrons. The molecule has 1 fully saturated rings. The molecule has 0 heterocycles. The third-order valence-electron chi connectivity index (χ3n) is 6.30. The molecule has 1 N–H and O–H groups in total. The Balaban J connectivity index is 1.79. The van der Waals surface area contributed by atoms with Crippen LogP contribution in [0.5, 0.6) is 0 Å². The van der Waals surface area contributed by atoms with Crippen LogP contribution in [-0.2, 0) is 25.5 Å². The van der Waals surface area contributed by atoms with Gasteiger partial charge in [0.1, 0.15) is 17.4 Å². The summed E-state index contributed by atoms with van der Waals surface area (Å²) in [5.41, 5.74) is 0.508. The molecule has 2 aromatic rings. The summed E-state index contributed by atoms with van der Waals surface area (Å²) in [4.78, 5) is 38.2. The van der Waals surface area contributed by atoms with Gasteiger partial charge in [-0.3, -0.25) is 9.59 Å². The highest BCUT2D eigenvalue weighted by Gasteiger charge is 2.31. The smallest absolute Gasteiger partial charge is 0.329 e. The average molecular weight is 498 g/mol. The lowest BCUT2D eigenvalue weighted by molar-refractivity contribution is -0.159. The van der Waals surface area contributed by atoms with Crippen LogP contribution in [0.3, 0.4) is 0 Å². The molecule has 0 bridgehead atoms. The zero-order chi connectivity index (χ0) is 25.4. The maximum atomic E-state index is 13.6. The van der Waals surface area contributed by atoms with Gasteiger partial charge in [-0.15, -0.1) is 0 Å². The Kier molecular flexibility index (Phi) is 9.79. The Bertz CT molecular complexity index is 1020. The summed E-state index contributed by atoms with van der Waals surface area (Å²) in [6, 6.07) is 13.7. The van der Waals surface area contributed by atoms with Crippen LogP contribution in [0.1, 0.15) is 71.8 Å². The fourth-order valence-electron chi connectivity index (χ4n) is 4.46. The van der Waals surface area contributed by atoms with Gasteiger partial charge < -0.3 is 10.1 Å². The molecule has 2 aromatic carbocycles. The SMILES string of the molecule is CCCC[C@H](NC(=O)[C@@H](CSC1CCC(=O)C1)Cc1cccc2ccccc12)C(=O)OC(C)(C)C. The molecule has 1 aliphatic carbocycles. The van der Waals surface area contributed by atoms with Crippen molar-refractivity contribution in [2.24, 2.45) is 5.92 Å². The first kappa shape index (κ1) is 27.3. The van der Waals surface area contributed by atoms with Crippen molar-refractivity contribution in [2.45, 2.75) is 89.5 Å². The zero-order valence-electron chi connectivity index (χ0n) is 21.5. The third kappa shape index (κ3) is 8.38. The zero-order valence-corrected chi connectivity index (χ0v) is 22.3. The molecule has 1 amide bonds. The average Bonchev–Trinajstić information content (AvgIpc) is 3.23. The molecule has 0 saturated heterocycles. The van der Waals surface area contributed by atoms with E-state index in [1.807, 2.05) is 39.0 Å². The lowest BCUT2D eigenvalue weighted by atomic mass is 9.95. The molecular formula is C29H39NO4S. The molecule has 6 heteroatoms. The van der Waals surface area contributed by atoms with Crippen LogP contribution in [0.4, 0.5) is 0 Å². The molecule has 1 aliphatic rings. The van der Waals surface area contributed by atoms with Crippen molar-refractivity contribution < 1.29 is 19.1 Å². The number of hydrogen-bond acceptors (Lipinski definition) is 5. The number of unbranched alkanes of at least 4 members (excludes halogenated alkanes) is 1. The second kappa shape index (κ2) is 12.6. The van der Waals surface area contributed by atoms with Crippen LogP contribution in [0.2, 0.25) is 0 Å². The highest BCUT2D eigenvalue weighted by molar-refractivity contribution is 8.00. The van der Waals surface area contributed by atoms with Crippen molar-refractivity contribution >= 4 is 40.2 Å². The van der Waals surface area contributed by atoms with E-state index in [1.54, 1.807) is 11.8 Å². The number of esters is 1. The van der Waals surface area contributed by atoms with Crippen LogP contribution < -0.4 is 5.32 Å². The number of hydrogen-bond donors (Lipinski definition) is 1. The quantitative estimate of drug-likeness (QED) is 0.393. The van der Waals surface area contributed by atoms with Crippen LogP contribution in [0, 0.1) is 5.92 Å². The number of thioether (sulfide) groups is 1. The Morgan fingerprint density at radius 2 is 1.89 bits per heavy atom. The second-order valence-electron chi connectivity index (χ2n) is 10.5. The van der Waals surface area contributed by atoms with E-state index in [-0.39, 0.29) is 23.0 Å². The van der Waals surface area contributed by atoms with Crippen molar-refractivity contribution in [3.63, 3.8) is 0 Å². The van der Waals surface area contributed by atoms with Gasteiger partial charge in [-0.2, -0.15) is 11.8 Å². The van der Waals surface area contributed by atoms with Gasteiger partial charge in [0.25, 0.3) is 0 Å². The van der Waals surface area contributed by atoms with E-state index in [4.69, 9.17) is 4.74 Å². The Morgan fingerprint density at radius 3 is 2.57 bits per heavy atom. The van der Waals surface area contributed by atoms with Crippen LogP contribution in [0.25, 0.3) is 10.8 Å². The van der Waals surface area contributed by atoms with Crippen molar-refractivity contribution in [2.75, 3.05) is 5.75 Å². The fourth-order valence-corrected chi connectivity index (χ4v) is 5.82. The largest absolute Gasteiger partial charge is 0.458 e.